The van der Waals surface area contributed by atoms with E-state index in [0.29, 0.717) is 23.5 Å². The summed E-state index contributed by atoms with van der Waals surface area (Å²) in [5, 5.41) is 0. The monoisotopic (exact) mass is 383 g/mol. The molecule has 5 heteroatoms. The van der Waals surface area contributed by atoms with Gasteiger partial charge in [-0.1, -0.05) is 18.2 Å². The minimum atomic E-state index is -0.625. The number of benzene rings is 1. The van der Waals surface area contributed by atoms with Crippen LogP contribution >= 0.6 is 0 Å². The molecule has 2 atom stereocenters. The van der Waals surface area contributed by atoms with Crippen LogP contribution in [-0.4, -0.2) is 29.7 Å². The van der Waals surface area contributed by atoms with Crippen molar-refractivity contribution in [1.29, 1.82) is 0 Å². The van der Waals surface area contributed by atoms with Crippen LogP contribution in [0.25, 0.3) is 0 Å². The number of esters is 1. The van der Waals surface area contributed by atoms with Gasteiger partial charge in [0, 0.05) is 34.9 Å². The van der Waals surface area contributed by atoms with E-state index in [1.807, 2.05) is 58.9 Å². The molecule has 28 heavy (non-hydrogen) atoms. The number of para-hydroxylation sites is 1. The van der Waals surface area contributed by atoms with Gasteiger partial charge in [-0.05, 0) is 53.5 Å². The molecule has 0 fully saturated rings. The molecule has 1 heterocycles. The fourth-order valence-electron chi connectivity index (χ4n) is 4.05. The average Bonchev–Trinajstić information content (AvgIpc) is 2.60. The Morgan fingerprint density at radius 3 is 2.50 bits per heavy atom. The van der Waals surface area contributed by atoms with Gasteiger partial charge in [0.15, 0.2) is 5.78 Å². The summed E-state index contributed by atoms with van der Waals surface area (Å²) in [7, 11) is 0. The second-order valence-corrected chi connectivity index (χ2v) is 8.04. The number of hydrogen-bond acceptors (Lipinski definition) is 5. The van der Waals surface area contributed by atoms with E-state index in [2.05, 4.69) is 4.99 Å². The molecule has 3 rings (SSSR count). The summed E-state index contributed by atoms with van der Waals surface area (Å²) in [4.78, 5) is 30.6. The Labute approximate surface area is 166 Å². The topological polar surface area (TPSA) is 65.0 Å². The summed E-state index contributed by atoms with van der Waals surface area (Å²) in [6.07, 6.45) is 1.79. The fraction of sp³-hybridized carbons (Fsp3) is 0.522. The molecule has 0 amide bonds. The van der Waals surface area contributed by atoms with Crippen LogP contribution in [-0.2, 0) is 14.3 Å². The second kappa shape index (κ2) is 8.29. The molecule has 0 spiro atoms. The quantitative estimate of drug-likeness (QED) is 0.697. The molecule has 1 unspecified atom stereocenters. The van der Waals surface area contributed by atoms with Gasteiger partial charge in [-0.3, -0.25) is 14.6 Å². The third kappa shape index (κ3) is 4.03. The number of carbonyl (C=O) groups excluding carboxylic acids is 2. The van der Waals surface area contributed by atoms with Crippen LogP contribution in [0.4, 0.5) is 0 Å². The van der Waals surface area contributed by atoms with Crippen molar-refractivity contribution in [1.82, 2.24) is 0 Å². The van der Waals surface area contributed by atoms with Crippen LogP contribution < -0.4 is 4.74 Å². The number of carbonyl (C=O) groups is 2. The highest BCUT2D eigenvalue weighted by atomic mass is 16.5. The third-order valence-corrected chi connectivity index (χ3v) is 5.06. The molecule has 1 aliphatic carbocycles. The van der Waals surface area contributed by atoms with Gasteiger partial charge in [0.05, 0.1) is 12.2 Å². The normalized spacial score (nSPS) is 22.2. The van der Waals surface area contributed by atoms with Crippen LogP contribution in [0.15, 0.2) is 40.5 Å². The summed E-state index contributed by atoms with van der Waals surface area (Å²) >= 11 is 0. The SMILES string of the molecule is CC1=NC2=C(C(=O)CCC2)[C@@H](c2ccccc2OC(C)C)C1C(=O)OC(C)C. The molecule has 0 saturated heterocycles. The molecule has 0 aromatic heterocycles. The second-order valence-electron chi connectivity index (χ2n) is 8.04. The number of ether oxygens (including phenoxy) is 2. The van der Waals surface area contributed by atoms with Crippen molar-refractivity contribution in [3.63, 3.8) is 0 Å². The summed E-state index contributed by atoms with van der Waals surface area (Å²) in [6, 6.07) is 7.67. The summed E-state index contributed by atoms with van der Waals surface area (Å²) in [6.45, 7) is 9.44. The van der Waals surface area contributed by atoms with Crippen molar-refractivity contribution in [3.8, 4) is 5.75 Å². The molecular weight excluding hydrogens is 354 g/mol. The van der Waals surface area contributed by atoms with Gasteiger partial charge in [0.2, 0.25) is 0 Å². The lowest BCUT2D eigenvalue weighted by molar-refractivity contribution is -0.150. The van der Waals surface area contributed by atoms with E-state index in [-0.39, 0.29) is 24.0 Å². The lowest BCUT2D eigenvalue weighted by Gasteiger charge is -2.35. The number of hydrogen-bond donors (Lipinski definition) is 0. The Hall–Kier alpha value is -2.43. The molecule has 1 aromatic rings. The molecule has 0 N–H and O–H groups in total. The fourth-order valence-corrected chi connectivity index (χ4v) is 4.05. The maximum absolute atomic E-state index is 13.0. The summed E-state index contributed by atoms with van der Waals surface area (Å²) < 4.78 is 11.6. The van der Waals surface area contributed by atoms with E-state index in [0.717, 1.165) is 24.1 Å². The smallest absolute Gasteiger partial charge is 0.315 e. The number of rotatable bonds is 5. The zero-order chi connectivity index (χ0) is 20.4. The molecule has 1 aromatic carbocycles. The Kier molecular flexibility index (Phi) is 6.01. The van der Waals surface area contributed by atoms with E-state index in [1.54, 1.807) is 0 Å². The first kappa shape index (κ1) is 20.3. The van der Waals surface area contributed by atoms with Gasteiger partial charge in [-0.2, -0.15) is 0 Å². The highest BCUT2D eigenvalue weighted by Gasteiger charge is 2.44. The lowest BCUT2D eigenvalue weighted by atomic mass is 9.71. The molecule has 0 saturated carbocycles. The predicted molar refractivity (Wildman–Crippen MR) is 109 cm³/mol. The van der Waals surface area contributed by atoms with Gasteiger partial charge in [-0.15, -0.1) is 0 Å². The predicted octanol–water partition coefficient (Wildman–Crippen LogP) is 4.61. The van der Waals surface area contributed by atoms with Crippen LogP contribution in [0.3, 0.4) is 0 Å². The lowest BCUT2D eigenvalue weighted by Crippen LogP contribution is -2.38. The van der Waals surface area contributed by atoms with Crippen LogP contribution in [0.1, 0.15) is 65.4 Å². The number of nitrogens with zero attached hydrogens (tertiary/aromatic N) is 1. The highest BCUT2D eigenvalue weighted by molar-refractivity contribution is 6.09. The summed E-state index contributed by atoms with van der Waals surface area (Å²) in [5.74, 6) is -0.624. The zero-order valence-corrected chi connectivity index (χ0v) is 17.3. The highest BCUT2D eigenvalue weighted by Crippen LogP contribution is 2.46. The number of Topliss-reactive ketones (excluding diaryl/α,β-unsaturated/α-hetero) is 1. The molecular formula is C23H29NO4. The van der Waals surface area contributed by atoms with E-state index < -0.39 is 11.8 Å². The van der Waals surface area contributed by atoms with Crippen molar-refractivity contribution >= 4 is 17.5 Å². The Morgan fingerprint density at radius 1 is 1.11 bits per heavy atom. The van der Waals surface area contributed by atoms with E-state index in [4.69, 9.17) is 9.47 Å². The molecule has 2 aliphatic rings. The average molecular weight is 383 g/mol. The Balaban J connectivity index is 2.17. The van der Waals surface area contributed by atoms with E-state index in [9.17, 15) is 9.59 Å². The van der Waals surface area contributed by atoms with Gasteiger partial charge < -0.3 is 9.47 Å². The largest absolute Gasteiger partial charge is 0.491 e. The van der Waals surface area contributed by atoms with Gasteiger partial charge in [0.1, 0.15) is 11.7 Å². The van der Waals surface area contributed by atoms with Crippen molar-refractivity contribution in [2.24, 2.45) is 10.9 Å². The van der Waals surface area contributed by atoms with Crippen molar-refractivity contribution in [2.45, 2.75) is 72.0 Å². The standard InChI is InChI=1S/C23H29NO4/c1-13(2)27-19-12-7-6-9-16(19)21-20(23(26)28-14(3)4)15(5)24-17-10-8-11-18(25)22(17)21/h6-7,9,12-14,20-21H,8,10-11H2,1-5H3/t20?,21-/m0/s1. The molecule has 0 radical (unpaired) electrons. The van der Waals surface area contributed by atoms with Crippen LogP contribution in [0.5, 0.6) is 5.75 Å². The molecule has 5 nitrogen and oxygen atoms in total. The van der Waals surface area contributed by atoms with E-state index >= 15 is 0 Å². The van der Waals surface area contributed by atoms with Crippen molar-refractivity contribution < 1.29 is 19.1 Å². The maximum atomic E-state index is 13.0. The van der Waals surface area contributed by atoms with Crippen molar-refractivity contribution in [3.05, 3.63) is 41.1 Å². The Morgan fingerprint density at radius 2 is 1.82 bits per heavy atom. The number of aliphatic imine (C=N–C) groups is 1. The first-order valence-electron chi connectivity index (χ1n) is 10.1. The van der Waals surface area contributed by atoms with Crippen LogP contribution in [0.2, 0.25) is 0 Å². The molecule has 150 valence electrons. The number of allylic oxidation sites excluding steroid dienone is 2. The van der Waals surface area contributed by atoms with E-state index in [1.165, 1.54) is 0 Å². The number of ketones is 1. The zero-order valence-electron chi connectivity index (χ0n) is 17.3. The minimum Gasteiger partial charge on any atom is -0.491 e. The van der Waals surface area contributed by atoms with Gasteiger partial charge in [-0.25, -0.2) is 0 Å². The third-order valence-electron chi connectivity index (χ3n) is 5.06. The van der Waals surface area contributed by atoms with Crippen LogP contribution in [0, 0.1) is 5.92 Å². The minimum absolute atomic E-state index is 0.0175. The molecule has 1 aliphatic heterocycles. The first-order chi connectivity index (χ1) is 13.3. The Bertz CT molecular complexity index is 835. The summed E-state index contributed by atoms with van der Waals surface area (Å²) in [5.41, 5.74) is 3.01. The molecule has 0 bridgehead atoms. The van der Waals surface area contributed by atoms with Gasteiger partial charge in [0.25, 0.3) is 0 Å². The van der Waals surface area contributed by atoms with Gasteiger partial charge >= 0.3 is 5.97 Å². The van der Waals surface area contributed by atoms with Crippen molar-refractivity contribution in [2.75, 3.05) is 0 Å². The first-order valence-corrected chi connectivity index (χ1v) is 10.1. The maximum Gasteiger partial charge on any atom is 0.315 e.